The summed E-state index contributed by atoms with van der Waals surface area (Å²) in [5, 5.41) is 9.16. The molecule has 10 heteroatoms. The topological polar surface area (TPSA) is 108 Å². The molecule has 2 heterocycles. The highest BCUT2D eigenvalue weighted by atomic mass is 35.5. The lowest BCUT2D eigenvalue weighted by atomic mass is 9.95. The van der Waals surface area contributed by atoms with Crippen LogP contribution in [0.5, 0.6) is 0 Å². The van der Waals surface area contributed by atoms with E-state index in [0.717, 1.165) is 18.5 Å². The minimum Gasteiger partial charge on any atom is -0.461 e. The summed E-state index contributed by atoms with van der Waals surface area (Å²) < 4.78 is 19.7. The summed E-state index contributed by atoms with van der Waals surface area (Å²) in [6, 6.07) is 10.1. The summed E-state index contributed by atoms with van der Waals surface area (Å²) >= 11 is 5.91. The van der Waals surface area contributed by atoms with Crippen molar-refractivity contribution in [2.45, 2.75) is 40.2 Å². The second-order valence-electron chi connectivity index (χ2n) is 8.56. The Morgan fingerprint density at radius 2 is 1.95 bits per heavy atom. The van der Waals surface area contributed by atoms with Crippen LogP contribution in [0.2, 0.25) is 5.02 Å². The Hall–Kier alpha value is -3.27. The van der Waals surface area contributed by atoms with Gasteiger partial charge in [-0.2, -0.15) is 0 Å². The molecule has 3 N–H and O–H groups in total. The van der Waals surface area contributed by atoms with Gasteiger partial charge in [-0.15, -0.1) is 0 Å². The Bertz CT molecular complexity index is 1250. The van der Waals surface area contributed by atoms with Gasteiger partial charge in [0, 0.05) is 37.4 Å². The molecule has 2 aliphatic heterocycles. The standard InChI is InChI=1S/C26H28ClFN4O4.C2H6/c1-2-36-26(35)23(29)19-9-11-32(25(34)24(19)30-21-5-3-4-20(27)22(21)28)18-7-6-16-8-10-31(12-13-33)15-17(16)14-18;1-2/h3-7,14,33H,2,8-13,15,29H2,1H3;1-2H3/b23-19-,30-24?;. The predicted octanol–water partition coefficient (Wildman–Crippen LogP) is 4.14. The van der Waals surface area contributed by atoms with Gasteiger partial charge >= 0.3 is 5.97 Å². The van der Waals surface area contributed by atoms with E-state index in [1.165, 1.54) is 23.8 Å². The third-order valence-electron chi connectivity index (χ3n) is 6.31. The molecule has 2 aromatic rings. The van der Waals surface area contributed by atoms with Crippen molar-refractivity contribution in [1.29, 1.82) is 0 Å². The fourth-order valence-corrected chi connectivity index (χ4v) is 4.63. The highest BCUT2D eigenvalue weighted by Gasteiger charge is 2.34. The number of aliphatic imine (C=N–C) groups is 1. The normalized spacial score (nSPS) is 18.0. The van der Waals surface area contributed by atoms with E-state index in [2.05, 4.69) is 9.89 Å². The largest absolute Gasteiger partial charge is 0.461 e. The summed E-state index contributed by atoms with van der Waals surface area (Å²) in [5.74, 6) is -2.04. The zero-order chi connectivity index (χ0) is 27.8. The molecule has 0 aromatic heterocycles. The van der Waals surface area contributed by atoms with Crippen LogP contribution in [0.25, 0.3) is 0 Å². The minimum atomic E-state index is -0.775. The van der Waals surface area contributed by atoms with Crippen LogP contribution in [-0.4, -0.2) is 60.4 Å². The summed E-state index contributed by atoms with van der Waals surface area (Å²) in [7, 11) is 0. The van der Waals surface area contributed by atoms with E-state index in [4.69, 9.17) is 22.1 Å². The number of ether oxygens (including phenoxy) is 1. The lowest BCUT2D eigenvalue weighted by Crippen LogP contribution is -2.44. The van der Waals surface area contributed by atoms with Crippen LogP contribution in [0.1, 0.15) is 38.3 Å². The fraction of sp³-hybridized carbons (Fsp3) is 0.393. The van der Waals surface area contributed by atoms with E-state index >= 15 is 0 Å². The molecule has 1 fully saturated rings. The smallest absolute Gasteiger partial charge is 0.354 e. The number of carbonyl (C=O) groups is 2. The predicted molar refractivity (Wildman–Crippen MR) is 147 cm³/mol. The van der Waals surface area contributed by atoms with Gasteiger partial charge in [0.05, 0.1) is 18.2 Å². The molecule has 0 spiro atoms. The molecule has 1 amide bonds. The maximum atomic E-state index is 14.7. The molecular formula is C28H34ClFN4O4. The number of β-amino-alcohol motifs (C(OH)–C–C–N with tert-alkyl or cyclic N) is 1. The van der Waals surface area contributed by atoms with Crippen LogP contribution in [0.15, 0.2) is 52.7 Å². The number of fused-ring (bicyclic) bond motifs is 1. The van der Waals surface area contributed by atoms with Crippen molar-refractivity contribution >= 4 is 40.6 Å². The Morgan fingerprint density at radius 3 is 2.66 bits per heavy atom. The molecule has 8 nitrogen and oxygen atoms in total. The lowest BCUT2D eigenvalue weighted by Gasteiger charge is -2.32. The van der Waals surface area contributed by atoms with E-state index in [1.54, 1.807) is 11.8 Å². The number of anilines is 1. The number of halogens is 2. The molecule has 0 radical (unpaired) electrons. The summed E-state index contributed by atoms with van der Waals surface area (Å²) in [5.41, 5.74) is 8.73. The van der Waals surface area contributed by atoms with Gasteiger partial charge < -0.3 is 20.5 Å². The first-order valence-electron chi connectivity index (χ1n) is 12.8. The number of aliphatic hydroxyl groups is 1. The van der Waals surface area contributed by atoms with Crippen molar-refractivity contribution in [2.24, 2.45) is 10.7 Å². The molecule has 2 aromatic carbocycles. The highest BCUT2D eigenvalue weighted by molar-refractivity contribution is 6.51. The second kappa shape index (κ2) is 13.5. The number of aliphatic hydroxyl groups excluding tert-OH is 1. The average molecular weight is 545 g/mol. The number of rotatable bonds is 6. The molecule has 204 valence electrons. The number of hydrogen-bond acceptors (Lipinski definition) is 7. The molecule has 2 aliphatic rings. The van der Waals surface area contributed by atoms with Crippen LogP contribution in [0, 0.1) is 5.82 Å². The number of hydrogen-bond donors (Lipinski definition) is 2. The van der Waals surface area contributed by atoms with Crippen molar-refractivity contribution in [2.75, 3.05) is 37.7 Å². The first kappa shape index (κ1) is 29.3. The summed E-state index contributed by atoms with van der Waals surface area (Å²) in [6.45, 7) is 8.21. The lowest BCUT2D eigenvalue weighted by molar-refractivity contribution is -0.138. The molecule has 0 bridgehead atoms. The number of benzene rings is 2. The van der Waals surface area contributed by atoms with Crippen LogP contribution in [0.3, 0.4) is 0 Å². The third kappa shape index (κ3) is 6.40. The monoisotopic (exact) mass is 544 g/mol. The van der Waals surface area contributed by atoms with Crippen molar-refractivity contribution in [3.05, 3.63) is 69.6 Å². The number of piperidine rings is 1. The van der Waals surface area contributed by atoms with Crippen molar-refractivity contribution in [3.63, 3.8) is 0 Å². The summed E-state index contributed by atoms with van der Waals surface area (Å²) in [6.07, 6.45) is 1.08. The van der Waals surface area contributed by atoms with E-state index in [-0.39, 0.29) is 53.9 Å². The van der Waals surface area contributed by atoms with Crippen LogP contribution < -0.4 is 10.6 Å². The maximum absolute atomic E-state index is 14.7. The van der Waals surface area contributed by atoms with Crippen LogP contribution in [0.4, 0.5) is 15.8 Å². The van der Waals surface area contributed by atoms with Crippen molar-refractivity contribution in [1.82, 2.24) is 4.90 Å². The SMILES string of the molecule is CC.CCOC(=O)/C(N)=C1\CCN(c2ccc3c(c2)CN(CCO)CC3)C(=O)C1=Nc1cccc(Cl)c1F. The van der Waals surface area contributed by atoms with Gasteiger partial charge in [0.25, 0.3) is 5.91 Å². The molecule has 4 rings (SSSR count). The minimum absolute atomic E-state index is 0.0799. The maximum Gasteiger partial charge on any atom is 0.354 e. The first-order chi connectivity index (χ1) is 18.3. The number of amides is 1. The second-order valence-corrected chi connectivity index (χ2v) is 8.96. The molecule has 0 unspecified atom stereocenters. The van der Waals surface area contributed by atoms with Gasteiger partial charge in [0.1, 0.15) is 17.1 Å². The van der Waals surface area contributed by atoms with Gasteiger partial charge in [0.2, 0.25) is 0 Å². The molecule has 1 saturated heterocycles. The fourth-order valence-electron chi connectivity index (χ4n) is 4.46. The number of carbonyl (C=O) groups excluding carboxylic acids is 2. The highest BCUT2D eigenvalue weighted by Crippen LogP contribution is 2.31. The van der Waals surface area contributed by atoms with E-state index in [0.29, 0.717) is 18.8 Å². The number of esters is 1. The molecule has 0 atom stereocenters. The third-order valence-corrected chi connectivity index (χ3v) is 6.60. The summed E-state index contributed by atoms with van der Waals surface area (Å²) in [4.78, 5) is 34.1. The molecule has 38 heavy (non-hydrogen) atoms. The van der Waals surface area contributed by atoms with Crippen molar-refractivity contribution in [3.8, 4) is 0 Å². The van der Waals surface area contributed by atoms with Gasteiger partial charge in [-0.3, -0.25) is 9.69 Å². The molecule has 0 saturated carbocycles. The Labute approximate surface area is 227 Å². The van der Waals surface area contributed by atoms with Gasteiger partial charge in [0.15, 0.2) is 5.82 Å². The van der Waals surface area contributed by atoms with E-state index < -0.39 is 17.7 Å². The average Bonchev–Trinajstić information content (AvgIpc) is 2.93. The van der Waals surface area contributed by atoms with E-state index in [1.807, 2.05) is 32.0 Å². The van der Waals surface area contributed by atoms with Crippen LogP contribution >= 0.6 is 11.6 Å². The first-order valence-corrected chi connectivity index (χ1v) is 13.2. The number of nitrogens with two attached hydrogens (primary N) is 1. The zero-order valence-electron chi connectivity index (χ0n) is 22.0. The van der Waals surface area contributed by atoms with Gasteiger partial charge in [-0.25, -0.2) is 14.2 Å². The molecule has 0 aliphatic carbocycles. The van der Waals surface area contributed by atoms with Crippen LogP contribution in [-0.2, 0) is 27.3 Å². The zero-order valence-corrected chi connectivity index (χ0v) is 22.7. The van der Waals surface area contributed by atoms with E-state index in [9.17, 15) is 19.1 Å². The van der Waals surface area contributed by atoms with Gasteiger partial charge in [-0.05, 0) is 55.2 Å². The molecular weight excluding hydrogens is 511 g/mol. The number of nitrogens with zero attached hydrogens (tertiary/aromatic N) is 3. The Kier molecular flexibility index (Phi) is 10.4. The van der Waals surface area contributed by atoms with Gasteiger partial charge in [-0.1, -0.05) is 37.6 Å². The Morgan fingerprint density at radius 1 is 1.18 bits per heavy atom. The Balaban J connectivity index is 0.00000195. The van der Waals surface area contributed by atoms with Crippen molar-refractivity contribution < 1.29 is 23.8 Å². The quantitative estimate of drug-likeness (QED) is 0.418.